The zero-order valence-corrected chi connectivity index (χ0v) is 12.0. The van der Waals surface area contributed by atoms with Crippen LogP contribution < -0.4 is 5.32 Å². The SMILES string of the molecule is COCCOCCCNC(=O)c1cccc(C)c1C. The van der Waals surface area contributed by atoms with Crippen LogP contribution in [0.15, 0.2) is 18.2 Å². The molecular formula is C15H23NO3. The second-order valence-corrected chi connectivity index (χ2v) is 4.46. The molecule has 19 heavy (non-hydrogen) atoms. The molecule has 0 heterocycles. The topological polar surface area (TPSA) is 47.6 Å². The van der Waals surface area contributed by atoms with Gasteiger partial charge in [0.15, 0.2) is 0 Å². The summed E-state index contributed by atoms with van der Waals surface area (Å²) in [5.74, 6) is -0.0157. The number of carbonyl (C=O) groups excluding carboxylic acids is 1. The molecule has 0 atom stereocenters. The third-order valence-electron chi connectivity index (χ3n) is 3.03. The molecule has 0 unspecified atom stereocenters. The molecule has 4 heteroatoms. The van der Waals surface area contributed by atoms with Gasteiger partial charge in [0.25, 0.3) is 5.91 Å². The number of ether oxygens (including phenoxy) is 2. The summed E-state index contributed by atoms with van der Waals surface area (Å²) >= 11 is 0. The van der Waals surface area contributed by atoms with Crippen LogP contribution in [0.5, 0.6) is 0 Å². The maximum absolute atomic E-state index is 12.0. The van der Waals surface area contributed by atoms with E-state index < -0.39 is 0 Å². The van der Waals surface area contributed by atoms with Gasteiger partial charge in [-0.3, -0.25) is 4.79 Å². The Bertz CT molecular complexity index is 404. The Labute approximate surface area is 115 Å². The van der Waals surface area contributed by atoms with Gasteiger partial charge in [-0.05, 0) is 37.5 Å². The first kappa shape index (κ1) is 15.7. The van der Waals surface area contributed by atoms with Gasteiger partial charge in [-0.25, -0.2) is 0 Å². The number of aryl methyl sites for hydroxylation is 1. The van der Waals surface area contributed by atoms with Gasteiger partial charge in [-0.1, -0.05) is 12.1 Å². The van der Waals surface area contributed by atoms with Crippen LogP contribution in [0.25, 0.3) is 0 Å². The highest BCUT2D eigenvalue weighted by Gasteiger charge is 2.08. The third kappa shape index (κ3) is 5.41. The van der Waals surface area contributed by atoms with E-state index in [1.165, 1.54) is 0 Å². The summed E-state index contributed by atoms with van der Waals surface area (Å²) in [6, 6.07) is 5.77. The summed E-state index contributed by atoms with van der Waals surface area (Å²) in [5, 5.41) is 2.91. The van der Waals surface area contributed by atoms with Gasteiger partial charge in [0, 0.05) is 25.8 Å². The molecule has 0 saturated heterocycles. The molecule has 106 valence electrons. The van der Waals surface area contributed by atoms with E-state index in [2.05, 4.69) is 5.32 Å². The van der Waals surface area contributed by atoms with Gasteiger partial charge < -0.3 is 14.8 Å². The Morgan fingerprint density at radius 3 is 2.74 bits per heavy atom. The summed E-state index contributed by atoms with van der Waals surface area (Å²) in [4.78, 5) is 12.0. The number of nitrogens with one attached hydrogen (secondary N) is 1. The van der Waals surface area contributed by atoms with Crippen LogP contribution in [0.3, 0.4) is 0 Å². The molecule has 1 aromatic rings. The molecule has 1 amide bonds. The van der Waals surface area contributed by atoms with E-state index in [0.717, 1.165) is 23.1 Å². The van der Waals surface area contributed by atoms with Crippen molar-refractivity contribution in [2.75, 3.05) is 33.5 Å². The normalized spacial score (nSPS) is 10.5. The number of hydrogen-bond acceptors (Lipinski definition) is 3. The van der Waals surface area contributed by atoms with Crippen LogP contribution in [0.2, 0.25) is 0 Å². The van der Waals surface area contributed by atoms with E-state index in [1.54, 1.807) is 7.11 Å². The van der Waals surface area contributed by atoms with Gasteiger partial charge in [0.2, 0.25) is 0 Å². The highest BCUT2D eigenvalue weighted by molar-refractivity contribution is 5.95. The van der Waals surface area contributed by atoms with E-state index in [-0.39, 0.29) is 5.91 Å². The molecule has 1 rings (SSSR count). The first-order valence-electron chi connectivity index (χ1n) is 6.58. The lowest BCUT2D eigenvalue weighted by atomic mass is 10.0. The van der Waals surface area contributed by atoms with E-state index in [4.69, 9.17) is 9.47 Å². The van der Waals surface area contributed by atoms with Crippen LogP contribution in [-0.2, 0) is 9.47 Å². The first-order valence-corrected chi connectivity index (χ1v) is 6.58. The van der Waals surface area contributed by atoms with Gasteiger partial charge in [-0.15, -0.1) is 0 Å². The third-order valence-corrected chi connectivity index (χ3v) is 3.03. The van der Waals surface area contributed by atoms with Crippen molar-refractivity contribution in [3.63, 3.8) is 0 Å². The van der Waals surface area contributed by atoms with Gasteiger partial charge in [0.1, 0.15) is 0 Å². The lowest BCUT2D eigenvalue weighted by Crippen LogP contribution is -2.26. The highest BCUT2D eigenvalue weighted by Crippen LogP contribution is 2.12. The van der Waals surface area contributed by atoms with Crippen molar-refractivity contribution in [3.05, 3.63) is 34.9 Å². The summed E-state index contributed by atoms with van der Waals surface area (Å²) in [6.07, 6.45) is 0.806. The van der Waals surface area contributed by atoms with E-state index in [1.807, 2.05) is 32.0 Å². The Balaban J connectivity index is 2.26. The van der Waals surface area contributed by atoms with E-state index in [0.29, 0.717) is 26.4 Å². The number of amides is 1. The predicted molar refractivity (Wildman–Crippen MR) is 75.6 cm³/mol. The fraction of sp³-hybridized carbons (Fsp3) is 0.533. The molecule has 0 bridgehead atoms. The van der Waals surface area contributed by atoms with Crippen LogP contribution in [0.4, 0.5) is 0 Å². The lowest BCUT2D eigenvalue weighted by molar-refractivity contribution is 0.0688. The molecule has 0 aromatic heterocycles. The zero-order valence-electron chi connectivity index (χ0n) is 12.0. The van der Waals surface area contributed by atoms with Gasteiger partial charge in [0.05, 0.1) is 13.2 Å². The van der Waals surface area contributed by atoms with Gasteiger partial charge in [-0.2, -0.15) is 0 Å². The number of rotatable bonds is 8. The predicted octanol–water partition coefficient (Wildman–Crippen LogP) is 2.09. The van der Waals surface area contributed by atoms with Crippen molar-refractivity contribution in [3.8, 4) is 0 Å². The fourth-order valence-corrected chi connectivity index (χ4v) is 1.71. The molecular weight excluding hydrogens is 242 g/mol. The number of methoxy groups -OCH3 is 1. The van der Waals surface area contributed by atoms with Crippen molar-refractivity contribution in [1.29, 1.82) is 0 Å². The summed E-state index contributed by atoms with van der Waals surface area (Å²) in [6.45, 7) is 6.44. The average Bonchev–Trinajstić information content (AvgIpc) is 2.40. The molecule has 0 aliphatic rings. The quantitative estimate of drug-likeness (QED) is 0.732. The standard InChI is InChI=1S/C15H23NO3/c1-12-6-4-7-14(13(12)2)15(17)16-8-5-9-19-11-10-18-3/h4,6-7H,5,8-11H2,1-3H3,(H,16,17). The second kappa shape index (κ2) is 8.67. The van der Waals surface area contributed by atoms with Gasteiger partial charge >= 0.3 is 0 Å². The Hall–Kier alpha value is -1.39. The molecule has 0 radical (unpaired) electrons. The van der Waals surface area contributed by atoms with Crippen molar-refractivity contribution < 1.29 is 14.3 Å². The lowest BCUT2D eigenvalue weighted by Gasteiger charge is -2.09. The van der Waals surface area contributed by atoms with Crippen molar-refractivity contribution in [2.45, 2.75) is 20.3 Å². The molecule has 0 fully saturated rings. The molecule has 0 spiro atoms. The smallest absolute Gasteiger partial charge is 0.251 e. The summed E-state index contributed by atoms with van der Waals surface area (Å²) in [7, 11) is 1.65. The van der Waals surface area contributed by atoms with E-state index in [9.17, 15) is 4.79 Å². The van der Waals surface area contributed by atoms with Crippen LogP contribution in [-0.4, -0.2) is 39.4 Å². The maximum atomic E-state index is 12.0. The molecule has 0 saturated carbocycles. The Morgan fingerprint density at radius 2 is 2.00 bits per heavy atom. The highest BCUT2D eigenvalue weighted by atomic mass is 16.5. The monoisotopic (exact) mass is 265 g/mol. The first-order chi connectivity index (χ1) is 9.16. The molecule has 0 aliphatic heterocycles. The minimum Gasteiger partial charge on any atom is -0.382 e. The number of carbonyl (C=O) groups is 1. The second-order valence-electron chi connectivity index (χ2n) is 4.46. The van der Waals surface area contributed by atoms with Crippen LogP contribution in [0, 0.1) is 13.8 Å². The molecule has 0 aliphatic carbocycles. The summed E-state index contributed by atoms with van der Waals surface area (Å²) < 4.78 is 10.2. The largest absolute Gasteiger partial charge is 0.382 e. The van der Waals surface area contributed by atoms with E-state index >= 15 is 0 Å². The minimum atomic E-state index is -0.0157. The fourth-order valence-electron chi connectivity index (χ4n) is 1.71. The number of hydrogen-bond donors (Lipinski definition) is 1. The van der Waals surface area contributed by atoms with Crippen LogP contribution in [0.1, 0.15) is 27.9 Å². The Morgan fingerprint density at radius 1 is 1.21 bits per heavy atom. The van der Waals surface area contributed by atoms with Crippen molar-refractivity contribution >= 4 is 5.91 Å². The van der Waals surface area contributed by atoms with Crippen molar-refractivity contribution in [1.82, 2.24) is 5.32 Å². The number of benzene rings is 1. The Kier molecular flexibility index (Phi) is 7.15. The van der Waals surface area contributed by atoms with Crippen LogP contribution >= 0.6 is 0 Å². The molecule has 1 aromatic carbocycles. The molecule has 4 nitrogen and oxygen atoms in total. The maximum Gasteiger partial charge on any atom is 0.251 e. The minimum absolute atomic E-state index is 0.0157. The molecule has 1 N–H and O–H groups in total. The van der Waals surface area contributed by atoms with Crippen molar-refractivity contribution in [2.24, 2.45) is 0 Å². The zero-order chi connectivity index (χ0) is 14.1. The summed E-state index contributed by atoms with van der Waals surface area (Å²) in [5.41, 5.74) is 2.92. The average molecular weight is 265 g/mol.